The Morgan fingerprint density at radius 1 is 1.27 bits per heavy atom. The lowest BCUT2D eigenvalue weighted by molar-refractivity contribution is 0.163. The van der Waals surface area contributed by atoms with E-state index in [1.807, 2.05) is 35.4 Å². The molecule has 1 atom stereocenters. The number of likely N-dealkylation sites (tertiary alicyclic amines) is 1. The van der Waals surface area contributed by atoms with Gasteiger partial charge in [0.15, 0.2) is 0 Å². The molecule has 0 spiro atoms. The van der Waals surface area contributed by atoms with E-state index in [0.29, 0.717) is 10.7 Å². The molecule has 3 rings (SSSR count). The van der Waals surface area contributed by atoms with Gasteiger partial charge in [0.2, 0.25) is 0 Å². The molecule has 114 valence electrons. The molecule has 5 heteroatoms. The first-order valence-electron chi connectivity index (χ1n) is 7.47. The summed E-state index contributed by atoms with van der Waals surface area (Å²) in [6.07, 6.45) is 6.72. The first-order chi connectivity index (χ1) is 10.7. The largest absolute Gasteiger partial charge is 0.322 e. The number of benzene rings is 1. The van der Waals surface area contributed by atoms with Gasteiger partial charge in [-0.25, -0.2) is 4.79 Å². The van der Waals surface area contributed by atoms with Gasteiger partial charge in [-0.15, -0.1) is 0 Å². The van der Waals surface area contributed by atoms with Crippen LogP contribution in [0, 0.1) is 0 Å². The average Bonchev–Trinajstić information content (AvgIpc) is 2.56. The highest BCUT2D eigenvalue weighted by molar-refractivity contribution is 6.30. The van der Waals surface area contributed by atoms with Crippen LogP contribution in [0.25, 0.3) is 0 Å². The van der Waals surface area contributed by atoms with Gasteiger partial charge in [0, 0.05) is 29.6 Å². The Kier molecular flexibility index (Phi) is 4.59. The summed E-state index contributed by atoms with van der Waals surface area (Å²) < 4.78 is 0. The summed E-state index contributed by atoms with van der Waals surface area (Å²) in [5, 5.41) is 3.55. The van der Waals surface area contributed by atoms with Crippen molar-refractivity contribution >= 4 is 23.3 Å². The Balaban J connectivity index is 1.77. The first kappa shape index (κ1) is 14.9. The van der Waals surface area contributed by atoms with Gasteiger partial charge in [-0.1, -0.05) is 23.7 Å². The summed E-state index contributed by atoms with van der Waals surface area (Å²) in [6.45, 7) is 0.756. The second-order valence-corrected chi connectivity index (χ2v) is 5.87. The van der Waals surface area contributed by atoms with Crippen LogP contribution in [0.2, 0.25) is 5.02 Å². The fourth-order valence-corrected chi connectivity index (χ4v) is 3.05. The van der Waals surface area contributed by atoms with E-state index in [4.69, 9.17) is 11.6 Å². The van der Waals surface area contributed by atoms with Crippen LogP contribution in [0.4, 0.5) is 10.5 Å². The number of aromatic nitrogens is 1. The molecule has 1 N–H and O–H groups in total. The quantitative estimate of drug-likeness (QED) is 0.887. The van der Waals surface area contributed by atoms with Gasteiger partial charge in [-0.2, -0.15) is 0 Å². The predicted molar refractivity (Wildman–Crippen MR) is 88.0 cm³/mol. The monoisotopic (exact) mass is 315 g/mol. The van der Waals surface area contributed by atoms with Gasteiger partial charge < -0.3 is 10.2 Å². The zero-order valence-corrected chi connectivity index (χ0v) is 13.0. The summed E-state index contributed by atoms with van der Waals surface area (Å²) in [5.74, 6) is 0. The minimum absolute atomic E-state index is 0.0848. The molecule has 0 aliphatic carbocycles. The van der Waals surface area contributed by atoms with Crippen LogP contribution < -0.4 is 5.32 Å². The number of amides is 2. The van der Waals surface area contributed by atoms with E-state index in [9.17, 15) is 4.79 Å². The number of anilines is 1. The molecule has 1 aromatic heterocycles. The molecule has 4 nitrogen and oxygen atoms in total. The van der Waals surface area contributed by atoms with Crippen molar-refractivity contribution in [1.82, 2.24) is 9.88 Å². The summed E-state index contributed by atoms with van der Waals surface area (Å²) >= 11 is 5.97. The Hall–Kier alpha value is -2.07. The van der Waals surface area contributed by atoms with Crippen molar-refractivity contribution < 1.29 is 4.79 Å². The number of hydrogen-bond acceptors (Lipinski definition) is 2. The molecule has 2 aromatic rings. The predicted octanol–water partition coefficient (Wildman–Crippen LogP) is 4.49. The van der Waals surface area contributed by atoms with E-state index in [1.54, 1.807) is 18.3 Å². The number of piperidine rings is 1. The Morgan fingerprint density at radius 3 is 2.95 bits per heavy atom. The van der Waals surface area contributed by atoms with Crippen molar-refractivity contribution in [3.8, 4) is 0 Å². The molecular weight excluding hydrogens is 298 g/mol. The van der Waals surface area contributed by atoms with Crippen LogP contribution in [-0.2, 0) is 0 Å². The second kappa shape index (κ2) is 6.79. The summed E-state index contributed by atoms with van der Waals surface area (Å²) in [7, 11) is 0. The third-order valence-electron chi connectivity index (χ3n) is 3.91. The van der Waals surface area contributed by atoms with Crippen molar-refractivity contribution in [2.75, 3.05) is 11.9 Å². The Labute approximate surface area is 135 Å². The van der Waals surface area contributed by atoms with E-state index >= 15 is 0 Å². The molecule has 22 heavy (non-hydrogen) atoms. The number of rotatable bonds is 2. The molecule has 0 unspecified atom stereocenters. The van der Waals surface area contributed by atoms with Crippen LogP contribution in [0.15, 0.2) is 48.8 Å². The topological polar surface area (TPSA) is 45.2 Å². The number of carbonyl (C=O) groups is 1. The molecule has 2 amide bonds. The van der Waals surface area contributed by atoms with Gasteiger partial charge in [0.1, 0.15) is 0 Å². The maximum Gasteiger partial charge on any atom is 0.322 e. The molecule has 1 aliphatic rings. The maximum atomic E-state index is 12.6. The van der Waals surface area contributed by atoms with Gasteiger partial charge >= 0.3 is 6.03 Å². The van der Waals surface area contributed by atoms with Gasteiger partial charge in [0.05, 0.1) is 6.04 Å². The van der Waals surface area contributed by atoms with Crippen molar-refractivity contribution in [2.24, 2.45) is 0 Å². The maximum absolute atomic E-state index is 12.6. The third-order valence-corrected chi connectivity index (χ3v) is 4.14. The van der Waals surface area contributed by atoms with Gasteiger partial charge in [-0.3, -0.25) is 4.98 Å². The minimum Gasteiger partial charge on any atom is -0.317 e. The van der Waals surface area contributed by atoms with E-state index in [1.165, 1.54) is 0 Å². The molecule has 2 heterocycles. The average molecular weight is 316 g/mol. The third kappa shape index (κ3) is 3.39. The van der Waals surface area contributed by atoms with Crippen LogP contribution in [0.1, 0.15) is 30.9 Å². The molecule has 1 aromatic carbocycles. The van der Waals surface area contributed by atoms with E-state index < -0.39 is 0 Å². The van der Waals surface area contributed by atoms with E-state index in [0.717, 1.165) is 31.4 Å². The lowest BCUT2D eigenvalue weighted by atomic mass is 9.97. The first-order valence-corrected chi connectivity index (χ1v) is 7.85. The van der Waals surface area contributed by atoms with Crippen molar-refractivity contribution in [3.05, 3.63) is 59.4 Å². The molecule has 1 saturated heterocycles. The minimum atomic E-state index is -0.0872. The van der Waals surface area contributed by atoms with Crippen molar-refractivity contribution in [2.45, 2.75) is 25.3 Å². The number of carbonyl (C=O) groups excluding carboxylic acids is 1. The highest BCUT2D eigenvalue weighted by atomic mass is 35.5. The Morgan fingerprint density at radius 2 is 2.18 bits per heavy atom. The number of halogens is 1. The summed E-state index contributed by atoms with van der Waals surface area (Å²) in [5.41, 5.74) is 1.80. The van der Waals surface area contributed by atoms with Crippen molar-refractivity contribution in [1.29, 1.82) is 0 Å². The molecular formula is C17H18ClN3O. The second-order valence-electron chi connectivity index (χ2n) is 5.43. The number of nitrogens with zero attached hydrogens (tertiary/aromatic N) is 2. The zero-order chi connectivity index (χ0) is 15.4. The molecule has 0 bridgehead atoms. The Bertz CT molecular complexity index is 647. The van der Waals surface area contributed by atoms with E-state index in [-0.39, 0.29) is 12.1 Å². The van der Waals surface area contributed by atoms with Crippen molar-refractivity contribution in [3.63, 3.8) is 0 Å². The number of nitrogens with one attached hydrogen (secondary N) is 1. The van der Waals surface area contributed by atoms with Crippen LogP contribution in [0.3, 0.4) is 0 Å². The molecule has 0 saturated carbocycles. The van der Waals surface area contributed by atoms with Crippen LogP contribution in [-0.4, -0.2) is 22.5 Å². The highest BCUT2D eigenvalue weighted by Gasteiger charge is 2.28. The smallest absolute Gasteiger partial charge is 0.317 e. The molecule has 1 aliphatic heterocycles. The highest BCUT2D eigenvalue weighted by Crippen LogP contribution is 2.31. The normalized spacial score (nSPS) is 18.0. The lowest BCUT2D eigenvalue weighted by Gasteiger charge is -2.35. The fraction of sp³-hybridized carbons (Fsp3) is 0.294. The standard InChI is InChI=1S/C17H18ClN3O/c18-14-6-3-7-15(11-14)20-17(22)21-10-2-1-8-16(21)13-5-4-9-19-12-13/h3-7,9,11-12,16H,1-2,8,10H2,(H,20,22)/t16-/m1/s1. The number of pyridine rings is 1. The molecule has 0 radical (unpaired) electrons. The molecule has 1 fully saturated rings. The van der Waals surface area contributed by atoms with Gasteiger partial charge in [0.25, 0.3) is 0 Å². The van der Waals surface area contributed by atoms with E-state index in [2.05, 4.69) is 10.3 Å². The van der Waals surface area contributed by atoms with Crippen LogP contribution in [0.5, 0.6) is 0 Å². The van der Waals surface area contributed by atoms with Crippen LogP contribution >= 0.6 is 11.6 Å². The summed E-state index contributed by atoms with van der Waals surface area (Å²) in [6, 6.07) is 11.1. The SMILES string of the molecule is O=C(Nc1cccc(Cl)c1)N1CCCC[C@@H]1c1cccnc1. The zero-order valence-electron chi connectivity index (χ0n) is 12.2. The summed E-state index contributed by atoms with van der Waals surface area (Å²) in [4.78, 5) is 18.7. The van der Waals surface area contributed by atoms with Gasteiger partial charge in [-0.05, 0) is 49.1 Å². The number of urea groups is 1. The fourth-order valence-electron chi connectivity index (χ4n) is 2.86. The lowest BCUT2D eigenvalue weighted by Crippen LogP contribution is -2.41. The number of hydrogen-bond donors (Lipinski definition) is 1.